The highest BCUT2D eigenvalue weighted by Crippen LogP contribution is 2.15. The van der Waals surface area contributed by atoms with Crippen molar-refractivity contribution in [2.24, 2.45) is 0 Å². The lowest BCUT2D eigenvalue weighted by Crippen LogP contribution is -2.39. The fraction of sp³-hybridized carbons (Fsp3) is 0.483. The van der Waals surface area contributed by atoms with Crippen molar-refractivity contribution in [3.63, 3.8) is 0 Å². The molecule has 1 aromatic carbocycles. The van der Waals surface area contributed by atoms with E-state index in [0.717, 1.165) is 32.2 Å². The van der Waals surface area contributed by atoms with Crippen LogP contribution >= 0.6 is 0 Å². The van der Waals surface area contributed by atoms with Gasteiger partial charge in [0.15, 0.2) is 0 Å². The first-order valence-corrected chi connectivity index (χ1v) is 12.3. The third-order valence-corrected chi connectivity index (χ3v) is 5.59. The highest BCUT2D eigenvalue weighted by Gasteiger charge is 2.20. The number of ether oxygens (including phenoxy) is 1. The molecule has 0 saturated carbocycles. The Labute approximate surface area is 206 Å². The molecule has 0 aliphatic heterocycles. The van der Waals surface area contributed by atoms with Crippen LogP contribution in [0.5, 0.6) is 0 Å². The van der Waals surface area contributed by atoms with E-state index in [2.05, 4.69) is 41.8 Å². The summed E-state index contributed by atoms with van der Waals surface area (Å²) in [4.78, 5) is 13.3. The molecule has 2 N–H and O–H groups in total. The number of likely N-dealkylation sites (N-methyl/N-ethyl adjacent to an activating group) is 1. The Kier molecular flexibility index (Phi) is 16.4. The van der Waals surface area contributed by atoms with Crippen molar-refractivity contribution in [3.05, 3.63) is 84.5 Å². The number of nitrogens with zero attached hydrogens (tertiary/aromatic N) is 1. The minimum absolute atomic E-state index is 0.0641. The average Bonchev–Trinajstić information content (AvgIpc) is 2.83. The SMILES string of the molecule is CCCCC[C@H](O)[C@@H](C=CC=CC=CC=C[C@@H](O)CCCC(=O)OC)N(C)Cc1ccccc1. The van der Waals surface area contributed by atoms with Crippen molar-refractivity contribution in [1.82, 2.24) is 4.90 Å². The normalized spacial score (nSPS) is 15.1. The molecule has 0 bridgehead atoms. The maximum atomic E-state index is 11.1. The predicted molar refractivity (Wildman–Crippen MR) is 140 cm³/mol. The number of aliphatic hydroxyl groups excluding tert-OH is 2. The van der Waals surface area contributed by atoms with Gasteiger partial charge >= 0.3 is 5.97 Å². The molecule has 0 spiro atoms. The lowest BCUT2D eigenvalue weighted by molar-refractivity contribution is -0.140. The summed E-state index contributed by atoms with van der Waals surface area (Å²) in [6.45, 7) is 2.95. The lowest BCUT2D eigenvalue weighted by atomic mass is 10.0. The van der Waals surface area contributed by atoms with Crippen LogP contribution in [-0.4, -0.2) is 53.5 Å². The molecule has 5 heteroatoms. The molecule has 0 saturated heterocycles. The van der Waals surface area contributed by atoms with Gasteiger partial charge in [-0.2, -0.15) is 0 Å². The van der Waals surface area contributed by atoms with Crippen molar-refractivity contribution < 1.29 is 19.7 Å². The molecule has 0 aliphatic carbocycles. The maximum Gasteiger partial charge on any atom is 0.305 e. The standard InChI is InChI=1S/C29H43NO4/c1-4-5-11-22-28(32)27(30(2)24-25-17-12-10-13-18-25)21-15-9-7-6-8-14-19-26(31)20-16-23-29(33)34-3/h6-10,12-15,17-19,21,26-28,31-32H,4-5,11,16,20,22-24H2,1-3H3/t26-,27-,28+/m1/s1. The molecule has 0 aliphatic rings. The number of allylic oxidation sites excluding steroid dienone is 6. The van der Waals surface area contributed by atoms with E-state index in [0.29, 0.717) is 19.3 Å². The van der Waals surface area contributed by atoms with Gasteiger partial charge in [-0.25, -0.2) is 0 Å². The van der Waals surface area contributed by atoms with E-state index in [1.807, 2.05) is 48.6 Å². The number of hydrogen-bond donors (Lipinski definition) is 2. The number of esters is 1. The van der Waals surface area contributed by atoms with E-state index < -0.39 is 12.2 Å². The summed E-state index contributed by atoms with van der Waals surface area (Å²) in [6, 6.07) is 10.2. The minimum atomic E-state index is -0.576. The first kappa shape index (κ1) is 29.6. The predicted octanol–water partition coefficient (Wildman–Crippen LogP) is 5.36. The number of benzene rings is 1. The Morgan fingerprint density at radius 3 is 2.24 bits per heavy atom. The molecule has 0 unspecified atom stereocenters. The molecule has 34 heavy (non-hydrogen) atoms. The zero-order valence-corrected chi connectivity index (χ0v) is 21.1. The van der Waals surface area contributed by atoms with Gasteiger partial charge in [-0.05, 0) is 31.9 Å². The first-order chi connectivity index (χ1) is 16.5. The van der Waals surface area contributed by atoms with Gasteiger partial charge in [0.1, 0.15) is 0 Å². The molecule has 1 rings (SSSR count). The second-order valence-electron chi connectivity index (χ2n) is 8.53. The van der Waals surface area contributed by atoms with Gasteiger partial charge in [-0.3, -0.25) is 9.69 Å². The number of methoxy groups -OCH3 is 1. The molecule has 0 fully saturated rings. The van der Waals surface area contributed by atoms with Crippen LogP contribution in [0.3, 0.4) is 0 Å². The fourth-order valence-corrected chi connectivity index (χ4v) is 3.60. The molecular weight excluding hydrogens is 426 g/mol. The zero-order chi connectivity index (χ0) is 25.0. The summed E-state index contributed by atoms with van der Waals surface area (Å²) >= 11 is 0. The van der Waals surface area contributed by atoms with Gasteiger partial charge in [-0.15, -0.1) is 0 Å². The van der Waals surface area contributed by atoms with E-state index >= 15 is 0 Å². The van der Waals surface area contributed by atoms with Crippen molar-refractivity contribution in [2.45, 2.75) is 76.7 Å². The largest absolute Gasteiger partial charge is 0.469 e. The van der Waals surface area contributed by atoms with E-state index in [-0.39, 0.29) is 12.0 Å². The van der Waals surface area contributed by atoms with Crippen molar-refractivity contribution >= 4 is 5.97 Å². The smallest absolute Gasteiger partial charge is 0.305 e. The van der Waals surface area contributed by atoms with Crippen LogP contribution in [0.1, 0.15) is 57.4 Å². The van der Waals surface area contributed by atoms with Gasteiger partial charge in [0.25, 0.3) is 0 Å². The Balaban J connectivity index is 2.57. The molecule has 0 amide bonds. The van der Waals surface area contributed by atoms with E-state index in [1.165, 1.54) is 12.7 Å². The Hall–Kier alpha value is -2.47. The van der Waals surface area contributed by atoms with Gasteiger partial charge in [0, 0.05) is 13.0 Å². The third-order valence-electron chi connectivity index (χ3n) is 5.59. The molecule has 0 heterocycles. The molecule has 1 aromatic rings. The fourth-order valence-electron chi connectivity index (χ4n) is 3.60. The van der Waals surface area contributed by atoms with Gasteiger partial charge in [-0.1, -0.05) is 105 Å². The van der Waals surface area contributed by atoms with Gasteiger partial charge in [0.05, 0.1) is 25.4 Å². The number of carbonyl (C=O) groups is 1. The van der Waals surface area contributed by atoms with Gasteiger partial charge < -0.3 is 14.9 Å². The number of aliphatic hydroxyl groups is 2. The monoisotopic (exact) mass is 469 g/mol. The summed E-state index contributed by atoms with van der Waals surface area (Å²) in [7, 11) is 3.42. The number of hydrogen-bond acceptors (Lipinski definition) is 5. The highest BCUT2D eigenvalue weighted by atomic mass is 16.5. The molecule has 5 nitrogen and oxygen atoms in total. The Bertz CT molecular complexity index is 770. The van der Waals surface area contributed by atoms with E-state index in [1.54, 1.807) is 12.2 Å². The number of rotatable bonds is 17. The van der Waals surface area contributed by atoms with Crippen LogP contribution < -0.4 is 0 Å². The van der Waals surface area contributed by atoms with Crippen molar-refractivity contribution in [3.8, 4) is 0 Å². The van der Waals surface area contributed by atoms with Crippen LogP contribution in [0.25, 0.3) is 0 Å². The number of carbonyl (C=O) groups excluding carboxylic acids is 1. The lowest BCUT2D eigenvalue weighted by Gasteiger charge is -2.30. The minimum Gasteiger partial charge on any atom is -0.469 e. The molecule has 188 valence electrons. The Morgan fingerprint density at radius 2 is 1.59 bits per heavy atom. The number of unbranched alkanes of at least 4 members (excludes halogenated alkanes) is 2. The second-order valence-corrected chi connectivity index (χ2v) is 8.53. The quantitative estimate of drug-likeness (QED) is 0.183. The molecule has 0 radical (unpaired) electrons. The van der Waals surface area contributed by atoms with E-state index in [9.17, 15) is 15.0 Å². The van der Waals surface area contributed by atoms with Gasteiger partial charge in [0.2, 0.25) is 0 Å². The van der Waals surface area contributed by atoms with Crippen LogP contribution in [0, 0.1) is 0 Å². The first-order valence-electron chi connectivity index (χ1n) is 12.3. The molecule has 3 atom stereocenters. The average molecular weight is 470 g/mol. The second kappa shape index (κ2) is 18.9. The summed E-state index contributed by atoms with van der Waals surface area (Å²) in [5, 5.41) is 20.7. The summed E-state index contributed by atoms with van der Waals surface area (Å²) in [5.74, 6) is -0.253. The van der Waals surface area contributed by atoms with Crippen molar-refractivity contribution in [2.75, 3.05) is 14.2 Å². The summed E-state index contributed by atoms with van der Waals surface area (Å²) in [5.41, 5.74) is 1.22. The summed E-state index contributed by atoms with van der Waals surface area (Å²) in [6.07, 6.45) is 19.7. The van der Waals surface area contributed by atoms with Crippen LogP contribution in [0.15, 0.2) is 78.9 Å². The third kappa shape index (κ3) is 13.9. The van der Waals surface area contributed by atoms with Crippen LogP contribution in [0.2, 0.25) is 0 Å². The maximum absolute atomic E-state index is 11.1. The zero-order valence-electron chi connectivity index (χ0n) is 21.1. The van der Waals surface area contributed by atoms with E-state index in [4.69, 9.17) is 0 Å². The highest BCUT2D eigenvalue weighted by molar-refractivity contribution is 5.68. The van der Waals surface area contributed by atoms with Crippen LogP contribution in [0.4, 0.5) is 0 Å². The van der Waals surface area contributed by atoms with Crippen LogP contribution in [-0.2, 0) is 16.1 Å². The topological polar surface area (TPSA) is 70.0 Å². The Morgan fingerprint density at radius 1 is 0.941 bits per heavy atom. The molecular formula is C29H43NO4. The van der Waals surface area contributed by atoms with Crippen molar-refractivity contribution in [1.29, 1.82) is 0 Å². The molecule has 0 aromatic heterocycles. The summed E-state index contributed by atoms with van der Waals surface area (Å²) < 4.78 is 4.59.